The van der Waals surface area contributed by atoms with Gasteiger partial charge in [0.15, 0.2) is 0 Å². The van der Waals surface area contributed by atoms with E-state index in [1.807, 2.05) is 6.07 Å². The molecule has 0 amide bonds. The van der Waals surface area contributed by atoms with Gasteiger partial charge in [-0.3, -0.25) is 0 Å². The molecule has 0 N–H and O–H groups in total. The lowest BCUT2D eigenvalue weighted by Crippen LogP contribution is -2.05. The Labute approximate surface area is 106 Å². The maximum atomic E-state index is 5.43. The van der Waals surface area contributed by atoms with Gasteiger partial charge in [-0.05, 0) is 24.0 Å². The Morgan fingerprint density at radius 1 is 1.06 bits per heavy atom. The quantitative estimate of drug-likeness (QED) is 0.625. The molecule has 0 fully saturated rings. The Balaban J connectivity index is 2.63. The van der Waals surface area contributed by atoms with Gasteiger partial charge in [-0.25, -0.2) is 0 Å². The Bertz CT molecular complexity index is 306. The summed E-state index contributed by atoms with van der Waals surface area (Å²) in [5.41, 5.74) is 1.37. The predicted octanol–water partition coefficient (Wildman–Crippen LogP) is 4.84. The highest BCUT2D eigenvalue weighted by atomic mass is 16.5. The van der Waals surface area contributed by atoms with Crippen LogP contribution in [0.15, 0.2) is 24.3 Å². The summed E-state index contributed by atoms with van der Waals surface area (Å²) in [5.74, 6) is 1.86. The molecule has 0 bridgehead atoms. The molecule has 0 heterocycles. The van der Waals surface area contributed by atoms with Crippen LogP contribution in [0.3, 0.4) is 0 Å². The first kappa shape index (κ1) is 14.1. The normalized spacial score (nSPS) is 12.4. The smallest absolute Gasteiger partial charge is 0.122 e. The van der Waals surface area contributed by atoms with E-state index in [9.17, 15) is 0 Å². The molecule has 0 aliphatic heterocycles. The number of hydrogen-bond donors (Lipinski definition) is 0. The summed E-state index contributed by atoms with van der Waals surface area (Å²) < 4.78 is 5.43. The number of para-hydroxylation sites is 1. The van der Waals surface area contributed by atoms with E-state index in [0.717, 1.165) is 18.1 Å². The van der Waals surface area contributed by atoms with Crippen LogP contribution in [-0.4, -0.2) is 7.11 Å². The molecule has 96 valence electrons. The van der Waals surface area contributed by atoms with Gasteiger partial charge in [-0.1, -0.05) is 64.2 Å². The van der Waals surface area contributed by atoms with Gasteiger partial charge in [-0.15, -0.1) is 0 Å². The predicted molar refractivity (Wildman–Crippen MR) is 74.6 cm³/mol. The van der Waals surface area contributed by atoms with Gasteiger partial charge in [-0.2, -0.15) is 0 Å². The van der Waals surface area contributed by atoms with E-state index in [-0.39, 0.29) is 0 Å². The topological polar surface area (TPSA) is 9.23 Å². The van der Waals surface area contributed by atoms with E-state index in [2.05, 4.69) is 32.0 Å². The zero-order chi connectivity index (χ0) is 12.5. The molecule has 0 saturated carbocycles. The Morgan fingerprint density at radius 2 is 1.82 bits per heavy atom. The highest BCUT2D eigenvalue weighted by molar-refractivity contribution is 5.33. The lowest BCUT2D eigenvalue weighted by Gasteiger charge is -2.17. The van der Waals surface area contributed by atoms with E-state index >= 15 is 0 Å². The monoisotopic (exact) mass is 234 g/mol. The molecular formula is C16H26O. The van der Waals surface area contributed by atoms with E-state index in [4.69, 9.17) is 4.74 Å². The van der Waals surface area contributed by atoms with Crippen molar-refractivity contribution in [1.29, 1.82) is 0 Å². The van der Waals surface area contributed by atoms with Crippen molar-refractivity contribution in [2.75, 3.05) is 7.11 Å². The molecule has 0 aromatic heterocycles. The molecule has 1 aromatic carbocycles. The van der Waals surface area contributed by atoms with E-state index in [0.29, 0.717) is 0 Å². The third-order valence-electron chi connectivity index (χ3n) is 3.36. The van der Waals surface area contributed by atoms with Crippen molar-refractivity contribution in [2.24, 2.45) is 5.92 Å². The van der Waals surface area contributed by atoms with Crippen LogP contribution in [0, 0.1) is 5.92 Å². The van der Waals surface area contributed by atoms with Crippen LogP contribution < -0.4 is 4.74 Å². The lowest BCUT2D eigenvalue weighted by atomic mass is 9.90. The fraction of sp³-hybridized carbons (Fsp3) is 0.625. The second kappa shape index (κ2) is 8.16. The molecule has 0 radical (unpaired) electrons. The van der Waals surface area contributed by atoms with Gasteiger partial charge in [0.1, 0.15) is 5.75 Å². The third kappa shape index (κ3) is 4.80. The summed E-state index contributed by atoms with van der Waals surface area (Å²) in [5, 5.41) is 0. The van der Waals surface area contributed by atoms with Crippen molar-refractivity contribution in [1.82, 2.24) is 0 Å². The lowest BCUT2D eigenvalue weighted by molar-refractivity contribution is 0.390. The molecule has 0 aliphatic rings. The molecule has 0 saturated heterocycles. The summed E-state index contributed by atoms with van der Waals surface area (Å²) in [7, 11) is 1.76. The summed E-state index contributed by atoms with van der Waals surface area (Å²) in [6.07, 6.45) is 7.77. The van der Waals surface area contributed by atoms with Crippen molar-refractivity contribution >= 4 is 0 Å². The van der Waals surface area contributed by atoms with Crippen molar-refractivity contribution in [3.8, 4) is 5.75 Å². The maximum Gasteiger partial charge on any atom is 0.122 e. The summed E-state index contributed by atoms with van der Waals surface area (Å²) in [6.45, 7) is 4.55. The molecule has 1 aromatic rings. The second-order valence-corrected chi connectivity index (χ2v) is 4.81. The SMILES string of the molecule is CCCCC(CCC)Cc1ccccc1OC. The first-order valence-electron chi connectivity index (χ1n) is 6.93. The van der Waals surface area contributed by atoms with E-state index in [1.165, 1.54) is 37.7 Å². The number of rotatable bonds is 8. The zero-order valence-corrected chi connectivity index (χ0v) is 11.5. The first-order chi connectivity index (χ1) is 8.31. The molecule has 17 heavy (non-hydrogen) atoms. The fourth-order valence-electron chi connectivity index (χ4n) is 2.43. The van der Waals surface area contributed by atoms with Crippen molar-refractivity contribution in [2.45, 2.75) is 52.4 Å². The molecule has 1 nitrogen and oxygen atoms in total. The van der Waals surface area contributed by atoms with Gasteiger partial charge in [0.2, 0.25) is 0 Å². The van der Waals surface area contributed by atoms with Gasteiger partial charge in [0.25, 0.3) is 0 Å². The molecule has 0 aliphatic carbocycles. The second-order valence-electron chi connectivity index (χ2n) is 4.81. The summed E-state index contributed by atoms with van der Waals surface area (Å²) in [4.78, 5) is 0. The van der Waals surface area contributed by atoms with E-state index in [1.54, 1.807) is 7.11 Å². The van der Waals surface area contributed by atoms with Crippen LogP contribution in [-0.2, 0) is 6.42 Å². The van der Waals surface area contributed by atoms with Crippen LogP contribution >= 0.6 is 0 Å². The minimum atomic E-state index is 0.816. The van der Waals surface area contributed by atoms with Gasteiger partial charge < -0.3 is 4.74 Å². The van der Waals surface area contributed by atoms with Gasteiger partial charge in [0.05, 0.1) is 7.11 Å². The van der Waals surface area contributed by atoms with Crippen LogP contribution in [0.25, 0.3) is 0 Å². The van der Waals surface area contributed by atoms with Crippen molar-refractivity contribution < 1.29 is 4.74 Å². The molecular weight excluding hydrogens is 208 g/mol. The minimum absolute atomic E-state index is 0.816. The third-order valence-corrected chi connectivity index (χ3v) is 3.36. The summed E-state index contributed by atoms with van der Waals surface area (Å²) in [6, 6.07) is 8.43. The molecule has 1 heteroatoms. The largest absolute Gasteiger partial charge is 0.496 e. The average molecular weight is 234 g/mol. The zero-order valence-electron chi connectivity index (χ0n) is 11.5. The van der Waals surface area contributed by atoms with Crippen LogP contribution in [0.5, 0.6) is 5.75 Å². The van der Waals surface area contributed by atoms with Crippen molar-refractivity contribution in [3.63, 3.8) is 0 Å². The Kier molecular flexibility index (Phi) is 6.76. The summed E-state index contributed by atoms with van der Waals surface area (Å²) >= 11 is 0. The van der Waals surface area contributed by atoms with Gasteiger partial charge >= 0.3 is 0 Å². The highest BCUT2D eigenvalue weighted by Gasteiger charge is 2.11. The number of hydrogen-bond acceptors (Lipinski definition) is 1. The Hall–Kier alpha value is -0.980. The highest BCUT2D eigenvalue weighted by Crippen LogP contribution is 2.25. The van der Waals surface area contributed by atoms with Crippen LogP contribution in [0.2, 0.25) is 0 Å². The molecule has 1 unspecified atom stereocenters. The number of methoxy groups -OCH3 is 1. The Morgan fingerprint density at radius 3 is 2.47 bits per heavy atom. The minimum Gasteiger partial charge on any atom is -0.496 e. The average Bonchev–Trinajstić information content (AvgIpc) is 2.37. The standard InChI is InChI=1S/C16H26O/c1-4-6-10-14(9-5-2)13-15-11-7-8-12-16(15)17-3/h7-8,11-12,14H,4-6,9-10,13H2,1-3H3. The van der Waals surface area contributed by atoms with Crippen LogP contribution in [0.4, 0.5) is 0 Å². The number of benzene rings is 1. The van der Waals surface area contributed by atoms with Crippen molar-refractivity contribution in [3.05, 3.63) is 29.8 Å². The van der Waals surface area contributed by atoms with Crippen LogP contribution in [0.1, 0.15) is 51.5 Å². The fourth-order valence-corrected chi connectivity index (χ4v) is 2.43. The first-order valence-corrected chi connectivity index (χ1v) is 6.93. The maximum absolute atomic E-state index is 5.43. The molecule has 0 spiro atoms. The van der Waals surface area contributed by atoms with Gasteiger partial charge in [0, 0.05) is 0 Å². The number of unbranched alkanes of at least 4 members (excludes halogenated alkanes) is 1. The number of ether oxygens (including phenoxy) is 1. The molecule has 1 rings (SSSR count). The molecule has 1 atom stereocenters. The van der Waals surface area contributed by atoms with E-state index < -0.39 is 0 Å².